The molecule has 0 unspecified atom stereocenters. The third kappa shape index (κ3) is 5.64. The topological polar surface area (TPSA) is 16.4 Å². The molecule has 1 aromatic heterocycles. The molecule has 1 aliphatic rings. The first-order valence-corrected chi connectivity index (χ1v) is 21.2. The summed E-state index contributed by atoms with van der Waals surface area (Å²) < 4.78 is 7.09. The molecular formula is C59H41NO. The summed E-state index contributed by atoms with van der Waals surface area (Å²) >= 11 is 0. The van der Waals surface area contributed by atoms with Crippen molar-refractivity contribution in [1.82, 2.24) is 0 Å². The number of benzene rings is 10. The van der Waals surface area contributed by atoms with E-state index in [0.29, 0.717) is 0 Å². The van der Waals surface area contributed by atoms with Crippen LogP contribution in [-0.2, 0) is 5.41 Å². The molecule has 0 spiro atoms. The quantitative estimate of drug-likeness (QED) is 0.167. The van der Waals surface area contributed by atoms with E-state index in [9.17, 15) is 0 Å². The Hall–Kier alpha value is -7.68. The van der Waals surface area contributed by atoms with Gasteiger partial charge >= 0.3 is 0 Å². The molecule has 0 fully saturated rings. The third-order valence-corrected chi connectivity index (χ3v) is 13.0. The van der Waals surface area contributed by atoms with Crippen molar-refractivity contribution in [3.8, 4) is 44.5 Å². The minimum absolute atomic E-state index is 0.150. The minimum Gasteiger partial charge on any atom is -0.455 e. The Kier molecular flexibility index (Phi) is 7.92. The van der Waals surface area contributed by atoms with Gasteiger partial charge in [-0.05, 0) is 115 Å². The van der Waals surface area contributed by atoms with E-state index in [0.717, 1.165) is 72.0 Å². The van der Waals surface area contributed by atoms with Gasteiger partial charge in [0.25, 0.3) is 0 Å². The predicted octanol–water partition coefficient (Wildman–Crippen LogP) is 16.7. The summed E-state index contributed by atoms with van der Waals surface area (Å²) in [5, 5.41) is 6.84. The molecule has 0 N–H and O–H groups in total. The van der Waals surface area contributed by atoms with Gasteiger partial charge in [0.1, 0.15) is 11.2 Å². The van der Waals surface area contributed by atoms with E-state index < -0.39 is 0 Å². The van der Waals surface area contributed by atoms with Gasteiger partial charge in [-0.1, -0.05) is 178 Å². The molecule has 0 atom stereocenters. The summed E-state index contributed by atoms with van der Waals surface area (Å²) in [5.74, 6) is 0. The lowest BCUT2D eigenvalue weighted by molar-refractivity contribution is 0.660. The number of fused-ring (bicyclic) bond motifs is 9. The monoisotopic (exact) mass is 779 g/mol. The molecule has 2 nitrogen and oxygen atoms in total. The lowest BCUT2D eigenvalue weighted by atomic mass is 9.82. The van der Waals surface area contributed by atoms with E-state index in [1.54, 1.807) is 0 Å². The van der Waals surface area contributed by atoms with E-state index in [-0.39, 0.29) is 5.41 Å². The predicted molar refractivity (Wildman–Crippen MR) is 257 cm³/mol. The van der Waals surface area contributed by atoms with Gasteiger partial charge in [-0.3, -0.25) is 0 Å². The molecule has 11 aromatic rings. The Balaban J connectivity index is 1.14. The summed E-state index contributed by atoms with van der Waals surface area (Å²) in [7, 11) is 0. The summed E-state index contributed by atoms with van der Waals surface area (Å²) in [6, 6.07) is 77.4. The maximum absolute atomic E-state index is 7.09. The molecule has 0 radical (unpaired) electrons. The number of hydrogen-bond donors (Lipinski definition) is 0. The van der Waals surface area contributed by atoms with Crippen molar-refractivity contribution in [2.45, 2.75) is 19.3 Å². The molecule has 0 bridgehead atoms. The van der Waals surface area contributed by atoms with Crippen molar-refractivity contribution in [1.29, 1.82) is 0 Å². The first-order chi connectivity index (χ1) is 30.0. The van der Waals surface area contributed by atoms with Crippen molar-refractivity contribution in [2.75, 3.05) is 4.90 Å². The van der Waals surface area contributed by atoms with Gasteiger partial charge in [0.2, 0.25) is 0 Å². The highest BCUT2D eigenvalue weighted by Gasteiger charge is 2.36. The number of hydrogen-bond acceptors (Lipinski definition) is 2. The van der Waals surface area contributed by atoms with Gasteiger partial charge in [-0.2, -0.15) is 0 Å². The molecule has 12 rings (SSSR count). The Morgan fingerprint density at radius 1 is 0.377 bits per heavy atom. The van der Waals surface area contributed by atoms with Gasteiger partial charge in [0.15, 0.2) is 0 Å². The molecule has 0 aliphatic heterocycles. The first-order valence-electron chi connectivity index (χ1n) is 21.2. The maximum atomic E-state index is 7.09. The van der Waals surface area contributed by atoms with Crippen LogP contribution in [0.2, 0.25) is 0 Å². The largest absolute Gasteiger partial charge is 0.455 e. The summed E-state index contributed by atoms with van der Waals surface area (Å²) in [6.07, 6.45) is 0. The highest BCUT2D eigenvalue weighted by molar-refractivity contribution is 6.23. The van der Waals surface area contributed by atoms with Gasteiger partial charge in [-0.25, -0.2) is 0 Å². The van der Waals surface area contributed by atoms with Crippen LogP contribution >= 0.6 is 0 Å². The van der Waals surface area contributed by atoms with Crippen LogP contribution in [0.3, 0.4) is 0 Å². The van der Waals surface area contributed by atoms with E-state index in [1.165, 1.54) is 44.2 Å². The average molecular weight is 780 g/mol. The van der Waals surface area contributed by atoms with Crippen molar-refractivity contribution in [3.05, 3.63) is 223 Å². The highest BCUT2D eigenvalue weighted by Crippen LogP contribution is 2.52. The zero-order valence-corrected chi connectivity index (χ0v) is 34.1. The molecule has 61 heavy (non-hydrogen) atoms. The molecule has 1 heterocycles. The van der Waals surface area contributed by atoms with Crippen LogP contribution in [0.1, 0.15) is 25.0 Å². The van der Waals surface area contributed by atoms with Crippen LogP contribution in [-0.4, -0.2) is 0 Å². The summed E-state index contributed by atoms with van der Waals surface area (Å²) in [5.41, 5.74) is 17.2. The van der Waals surface area contributed by atoms with Crippen molar-refractivity contribution in [3.63, 3.8) is 0 Å². The Bertz CT molecular complexity index is 3490. The minimum atomic E-state index is -0.150. The van der Waals surface area contributed by atoms with Crippen LogP contribution in [0.4, 0.5) is 17.1 Å². The second-order valence-corrected chi connectivity index (χ2v) is 16.9. The Morgan fingerprint density at radius 3 is 1.77 bits per heavy atom. The molecule has 2 heteroatoms. The molecule has 10 aromatic carbocycles. The van der Waals surface area contributed by atoms with Gasteiger partial charge in [0.05, 0.1) is 5.69 Å². The standard InChI is InChI=1S/C59H41NO/c1-59(2)53-24-14-13-21-47(53)48-32-31-46(36-54(48)59)60(45-29-27-41(28-30-45)38-15-5-3-6-16-38)55-37-52-57-51(43-26-25-40-19-9-10-20-42(40)33-43)34-44(39-17-7-4-8-18-39)35-56(57)61-58(52)50-23-12-11-22-49(50)55/h3-37H,1-2H3. The fraction of sp³-hybridized carbons (Fsp3) is 0.0508. The summed E-state index contributed by atoms with van der Waals surface area (Å²) in [4.78, 5) is 2.46. The van der Waals surface area contributed by atoms with Gasteiger partial charge in [0, 0.05) is 38.3 Å². The van der Waals surface area contributed by atoms with Crippen LogP contribution in [0.25, 0.3) is 88.0 Å². The van der Waals surface area contributed by atoms with Crippen molar-refractivity contribution < 1.29 is 4.42 Å². The van der Waals surface area contributed by atoms with E-state index in [2.05, 4.69) is 231 Å². The molecule has 1 aliphatic carbocycles. The van der Waals surface area contributed by atoms with Crippen molar-refractivity contribution >= 4 is 60.5 Å². The summed E-state index contributed by atoms with van der Waals surface area (Å²) in [6.45, 7) is 4.72. The Labute approximate surface area is 355 Å². The molecule has 0 saturated carbocycles. The zero-order valence-electron chi connectivity index (χ0n) is 34.1. The fourth-order valence-corrected chi connectivity index (χ4v) is 9.97. The SMILES string of the molecule is CC1(C)c2ccccc2-c2ccc(N(c3ccc(-c4ccccc4)cc3)c3cc4c(oc5cc(-c6ccccc6)cc(-c6ccc7ccccc7c6)c54)c4ccccc34)cc21. The number of nitrogens with zero attached hydrogens (tertiary/aromatic N) is 1. The van der Waals surface area contributed by atoms with Gasteiger partial charge in [-0.15, -0.1) is 0 Å². The molecule has 0 saturated heterocycles. The highest BCUT2D eigenvalue weighted by atomic mass is 16.3. The normalized spacial score (nSPS) is 12.9. The Morgan fingerprint density at radius 2 is 0.984 bits per heavy atom. The lowest BCUT2D eigenvalue weighted by Gasteiger charge is -2.29. The van der Waals surface area contributed by atoms with E-state index in [4.69, 9.17) is 4.42 Å². The smallest absolute Gasteiger partial charge is 0.143 e. The van der Waals surface area contributed by atoms with Crippen LogP contribution in [0, 0.1) is 0 Å². The molecule has 0 amide bonds. The number of rotatable bonds is 6. The second-order valence-electron chi connectivity index (χ2n) is 16.9. The van der Waals surface area contributed by atoms with Crippen LogP contribution in [0.5, 0.6) is 0 Å². The maximum Gasteiger partial charge on any atom is 0.143 e. The number of furan rings is 1. The lowest BCUT2D eigenvalue weighted by Crippen LogP contribution is -2.16. The molecule has 288 valence electrons. The fourth-order valence-electron chi connectivity index (χ4n) is 9.97. The number of anilines is 3. The molecular weight excluding hydrogens is 739 g/mol. The average Bonchev–Trinajstić information content (AvgIpc) is 3.81. The zero-order chi connectivity index (χ0) is 40.7. The van der Waals surface area contributed by atoms with E-state index >= 15 is 0 Å². The second kappa shape index (κ2) is 13.7. The van der Waals surface area contributed by atoms with E-state index in [1.807, 2.05) is 0 Å². The van der Waals surface area contributed by atoms with Crippen molar-refractivity contribution in [2.24, 2.45) is 0 Å². The third-order valence-electron chi connectivity index (χ3n) is 13.0. The van der Waals surface area contributed by atoms with Gasteiger partial charge < -0.3 is 9.32 Å². The van der Waals surface area contributed by atoms with Crippen LogP contribution in [0.15, 0.2) is 217 Å². The first kappa shape index (κ1) is 35.3. The van der Waals surface area contributed by atoms with Crippen LogP contribution < -0.4 is 4.90 Å².